The van der Waals surface area contributed by atoms with Crippen molar-refractivity contribution in [2.24, 2.45) is 0 Å². The molecule has 2 aliphatic carbocycles. The summed E-state index contributed by atoms with van der Waals surface area (Å²) >= 11 is 9.18. The Labute approximate surface area is 246 Å². The van der Waals surface area contributed by atoms with Gasteiger partial charge in [-0.2, -0.15) is 10.2 Å². The first-order chi connectivity index (χ1) is 20.1. The summed E-state index contributed by atoms with van der Waals surface area (Å²) < 4.78 is 12.8. The predicted octanol–water partition coefficient (Wildman–Crippen LogP) is 6.72. The van der Waals surface area contributed by atoms with Crippen LogP contribution in [0, 0.1) is 5.82 Å². The van der Waals surface area contributed by atoms with Crippen molar-refractivity contribution in [2.45, 2.75) is 32.1 Å². The van der Waals surface area contributed by atoms with Gasteiger partial charge in [-0.3, -0.25) is 10.2 Å². The highest BCUT2D eigenvalue weighted by molar-refractivity contribution is 7.16. The van der Waals surface area contributed by atoms with Crippen LogP contribution in [0.4, 0.5) is 26.3 Å². The maximum atomic E-state index is 12.8. The highest BCUT2D eigenvalue weighted by Gasteiger charge is 2.23. The van der Waals surface area contributed by atoms with Crippen LogP contribution in [0.3, 0.4) is 0 Å². The molecule has 6 heterocycles. The summed E-state index contributed by atoms with van der Waals surface area (Å²) in [7, 11) is 0. The standard InChI is InChI=1S/C14H12ClN5S.C13H10FN5S/c15-11-5-2-6-12(17-11)18-14-19-13-8-7-16-20-9(8)3-1-4-10(13)21-14;14-7-1-4-11(15-5-7)17-13-18-12-8-6-16-19-9(8)2-3-10(12)20-13/h2,5-7H,1,3-4H2,(H,16,20)(H,17,18,19);1,4-6H,2-3H2,(H,16,19)(H,15,17,18). The maximum Gasteiger partial charge on any atom is 0.189 e. The number of anilines is 4. The summed E-state index contributed by atoms with van der Waals surface area (Å²) in [6.07, 6.45) is 9.95. The summed E-state index contributed by atoms with van der Waals surface area (Å²) in [6, 6.07) is 8.46. The van der Waals surface area contributed by atoms with Crippen LogP contribution in [0.1, 0.15) is 27.6 Å². The van der Waals surface area contributed by atoms with Gasteiger partial charge < -0.3 is 10.6 Å². The number of hydrogen-bond acceptors (Lipinski definition) is 10. The fraction of sp³-hybridized carbons (Fsp3) is 0.185. The van der Waals surface area contributed by atoms with Gasteiger partial charge >= 0.3 is 0 Å². The van der Waals surface area contributed by atoms with Gasteiger partial charge in [-0.15, -0.1) is 22.7 Å². The molecule has 10 nitrogen and oxygen atoms in total. The minimum atomic E-state index is -0.350. The average molecular weight is 605 g/mol. The lowest BCUT2D eigenvalue weighted by atomic mass is 10.0. The van der Waals surface area contributed by atoms with Crippen molar-refractivity contribution >= 4 is 56.2 Å². The van der Waals surface area contributed by atoms with Crippen molar-refractivity contribution in [3.8, 4) is 22.5 Å². The van der Waals surface area contributed by atoms with E-state index >= 15 is 0 Å². The minimum absolute atomic E-state index is 0.350. The third kappa shape index (κ3) is 5.43. The zero-order chi connectivity index (χ0) is 27.8. The number of aromatic nitrogens is 8. The molecule has 0 bridgehead atoms. The van der Waals surface area contributed by atoms with Crippen molar-refractivity contribution < 1.29 is 4.39 Å². The normalized spacial score (nSPS) is 13.1. The molecule has 41 heavy (non-hydrogen) atoms. The van der Waals surface area contributed by atoms with E-state index in [4.69, 9.17) is 16.6 Å². The van der Waals surface area contributed by atoms with Gasteiger partial charge in [-0.1, -0.05) is 17.7 Å². The lowest BCUT2D eigenvalue weighted by Gasteiger charge is -2.08. The Morgan fingerprint density at radius 1 is 0.732 bits per heavy atom. The molecule has 206 valence electrons. The molecule has 6 aromatic rings. The molecule has 6 aromatic heterocycles. The van der Waals surface area contributed by atoms with Gasteiger partial charge in [0.1, 0.15) is 22.6 Å². The van der Waals surface area contributed by atoms with E-state index in [0.717, 1.165) is 70.6 Å². The molecule has 0 spiro atoms. The number of nitrogens with one attached hydrogen (secondary N) is 4. The molecule has 8 rings (SSSR count). The first kappa shape index (κ1) is 25.7. The predicted molar refractivity (Wildman–Crippen MR) is 159 cm³/mol. The Balaban J connectivity index is 0.000000135. The van der Waals surface area contributed by atoms with Crippen molar-refractivity contribution in [2.75, 3.05) is 10.6 Å². The first-order valence-electron chi connectivity index (χ1n) is 12.9. The number of thiazole rings is 2. The zero-order valence-corrected chi connectivity index (χ0v) is 23.8. The van der Waals surface area contributed by atoms with Crippen LogP contribution in [-0.4, -0.2) is 40.3 Å². The molecular formula is C27H22ClFN10S2. The lowest BCUT2D eigenvalue weighted by molar-refractivity contribution is 0.622. The Kier molecular flexibility index (Phi) is 6.90. The number of aryl methyl sites for hydroxylation is 4. The topological polar surface area (TPSA) is 133 Å². The van der Waals surface area contributed by atoms with Gasteiger partial charge in [0.15, 0.2) is 10.3 Å². The monoisotopic (exact) mass is 604 g/mol. The van der Waals surface area contributed by atoms with E-state index in [9.17, 15) is 4.39 Å². The summed E-state index contributed by atoms with van der Waals surface area (Å²) in [5.41, 5.74) is 6.51. The van der Waals surface area contributed by atoms with E-state index in [2.05, 4.69) is 46.0 Å². The lowest BCUT2D eigenvalue weighted by Crippen LogP contribution is -2.00. The molecule has 0 amide bonds. The number of rotatable bonds is 4. The molecule has 0 radical (unpaired) electrons. The largest absolute Gasteiger partial charge is 0.316 e. The van der Waals surface area contributed by atoms with E-state index in [1.807, 2.05) is 24.5 Å². The fourth-order valence-electron chi connectivity index (χ4n) is 4.80. The summed E-state index contributed by atoms with van der Waals surface area (Å²) in [6.45, 7) is 0. The Bertz CT molecular complexity index is 1820. The molecule has 0 saturated heterocycles. The Morgan fingerprint density at radius 2 is 1.41 bits per heavy atom. The molecule has 0 aliphatic heterocycles. The summed E-state index contributed by atoms with van der Waals surface area (Å²) in [4.78, 5) is 20.0. The highest BCUT2D eigenvalue weighted by Crippen LogP contribution is 2.38. The van der Waals surface area contributed by atoms with Crippen LogP contribution in [-0.2, 0) is 25.7 Å². The number of aromatic amines is 2. The molecule has 0 aromatic carbocycles. The van der Waals surface area contributed by atoms with Crippen LogP contribution < -0.4 is 10.6 Å². The van der Waals surface area contributed by atoms with Crippen LogP contribution in [0.2, 0.25) is 5.15 Å². The fourth-order valence-corrected chi connectivity index (χ4v) is 6.97. The number of fused-ring (bicyclic) bond motifs is 6. The molecule has 0 unspecified atom stereocenters. The molecule has 0 fully saturated rings. The number of pyridine rings is 2. The number of halogens is 2. The molecule has 2 aliphatic rings. The van der Waals surface area contributed by atoms with E-state index < -0.39 is 0 Å². The van der Waals surface area contributed by atoms with Crippen molar-refractivity contribution in [1.82, 2.24) is 40.3 Å². The third-order valence-corrected chi connectivity index (χ3v) is 8.96. The van der Waals surface area contributed by atoms with Crippen LogP contribution >= 0.6 is 34.3 Å². The van der Waals surface area contributed by atoms with E-state index in [1.54, 1.807) is 34.8 Å². The Morgan fingerprint density at radius 3 is 2.10 bits per heavy atom. The summed E-state index contributed by atoms with van der Waals surface area (Å²) in [5.74, 6) is 0.945. The zero-order valence-electron chi connectivity index (χ0n) is 21.4. The van der Waals surface area contributed by atoms with Crippen LogP contribution in [0.15, 0.2) is 48.9 Å². The average Bonchev–Trinajstić information content (AvgIpc) is 3.75. The van der Waals surface area contributed by atoms with Crippen molar-refractivity contribution in [3.63, 3.8) is 0 Å². The van der Waals surface area contributed by atoms with Gasteiger partial charge in [0, 0.05) is 32.3 Å². The van der Waals surface area contributed by atoms with Gasteiger partial charge in [0.25, 0.3) is 0 Å². The van der Waals surface area contributed by atoms with E-state index in [0.29, 0.717) is 16.8 Å². The maximum absolute atomic E-state index is 12.8. The van der Waals surface area contributed by atoms with Crippen molar-refractivity contribution in [1.29, 1.82) is 0 Å². The van der Waals surface area contributed by atoms with Gasteiger partial charge in [0.05, 0.1) is 30.0 Å². The van der Waals surface area contributed by atoms with E-state index in [1.165, 1.54) is 27.7 Å². The number of hydrogen-bond donors (Lipinski definition) is 4. The number of H-pyrrole nitrogens is 2. The third-order valence-electron chi connectivity index (χ3n) is 6.69. The molecular weight excluding hydrogens is 583 g/mol. The van der Waals surface area contributed by atoms with Crippen molar-refractivity contribution in [3.05, 3.63) is 81.0 Å². The first-order valence-corrected chi connectivity index (χ1v) is 14.9. The van der Waals surface area contributed by atoms with E-state index in [-0.39, 0.29) is 5.82 Å². The highest BCUT2D eigenvalue weighted by atomic mass is 35.5. The molecule has 0 saturated carbocycles. The quantitative estimate of drug-likeness (QED) is 0.163. The second-order valence-corrected chi connectivity index (χ2v) is 12.0. The second kappa shape index (κ2) is 11.0. The minimum Gasteiger partial charge on any atom is -0.316 e. The second-order valence-electron chi connectivity index (χ2n) is 9.42. The summed E-state index contributed by atoms with van der Waals surface area (Å²) in [5, 5.41) is 22.7. The Hall–Kier alpha value is -4.20. The number of nitrogens with zero attached hydrogens (tertiary/aromatic N) is 6. The van der Waals surface area contributed by atoms with Crippen LogP contribution in [0.5, 0.6) is 0 Å². The smallest absolute Gasteiger partial charge is 0.189 e. The van der Waals surface area contributed by atoms with Gasteiger partial charge in [-0.25, -0.2) is 24.3 Å². The van der Waals surface area contributed by atoms with Gasteiger partial charge in [0.2, 0.25) is 0 Å². The SMILES string of the molecule is Clc1cccc(Nc2nc3c(s2)CCCc2[nH]ncc2-3)n1.Fc1ccc(Nc2nc3c(s2)CCc2[nH]ncc2-3)nc1. The van der Waals surface area contributed by atoms with Crippen LogP contribution in [0.25, 0.3) is 22.5 Å². The molecule has 14 heteroatoms. The molecule has 0 atom stereocenters. The van der Waals surface area contributed by atoms with Gasteiger partial charge in [-0.05, 0) is 56.4 Å². The molecule has 4 N–H and O–H groups in total.